The highest BCUT2D eigenvalue weighted by Gasteiger charge is 2.07. The molecule has 0 amide bonds. The van der Waals surface area contributed by atoms with Gasteiger partial charge in [0.05, 0.1) is 12.8 Å². The Morgan fingerprint density at radius 3 is 3.00 bits per heavy atom. The maximum absolute atomic E-state index is 5.24. The topological polar surface area (TPSA) is 40.4 Å². The van der Waals surface area contributed by atoms with E-state index in [2.05, 4.69) is 15.5 Å². The van der Waals surface area contributed by atoms with Crippen LogP contribution in [0.3, 0.4) is 0 Å². The Hall–Kier alpha value is -0.840. The molecule has 1 aliphatic rings. The van der Waals surface area contributed by atoms with Gasteiger partial charge in [0.15, 0.2) is 0 Å². The van der Waals surface area contributed by atoms with Crippen molar-refractivity contribution in [3.8, 4) is 0 Å². The highest BCUT2D eigenvalue weighted by molar-refractivity contribution is 4.97. The van der Waals surface area contributed by atoms with Crippen molar-refractivity contribution in [3.05, 3.63) is 24.2 Å². The van der Waals surface area contributed by atoms with Gasteiger partial charge < -0.3 is 15.1 Å². The van der Waals surface area contributed by atoms with Gasteiger partial charge in [0.2, 0.25) is 0 Å². The summed E-state index contributed by atoms with van der Waals surface area (Å²) in [5.41, 5.74) is 0. The fourth-order valence-electron chi connectivity index (χ4n) is 1.80. The van der Waals surface area contributed by atoms with Crippen molar-refractivity contribution < 1.29 is 4.42 Å². The molecular weight excluding hydrogens is 190 g/mol. The lowest BCUT2D eigenvalue weighted by Crippen LogP contribution is -2.45. The second kappa shape index (κ2) is 5.90. The van der Waals surface area contributed by atoms with Crippen LogP contribution < -0.4 is 10.6 Å². The number of furan rings is 1. The van der Waals surface area contributed by atoms with Crippen LogP contribution in [0, 0.1) is 0 Å². The van der Waals surface area contributed by atoms with Crippen LogP contribution in [-0.4, -0.2) is 44.2 Å². The van der Waals surface area contributed by atoms with Gasteiger partial charge in [0, 0.05) is 39.3 Å². The Kier molecular flexibility index (Phi) is 4.20. The van der Waals surface area contributed by atoms with Crippen LogP contribution in [0.5, 0.6) is 0 Å². The number of hydrogen-bond donors (Lipinski definition) is 2. The first-order chi connectivity index (χ1) is 7.45. The molecule has 0 radical (unpaired) electrons. The van der Waals surface area contributed by atoms with Crippen molar-refractivity contribution in [2.45, 2.75) is 6.54 Å². The molecule has 84 valence electrons. The molecule has 2 heterocycles. The largest absolute Gasteiger partial charge is 0.468 e. The van der Waals surface area contributed by atoms with Gasteiger partial charge in [-0.15, -0.1) is 0 Å². The number of nitrogens with one attached hydrogen (secondary N) is 2. The molecule has 1 fully saturated rings. The number of nitrogens with zero attached hydrogens (tertiary/aromatic N) is 1. The maximum Gasteiger partial charge on any atom is 0.117 e. The Labute approximate surface area is 90.6 Å². The summed E-state index contributed by atoms with van der Waals surface area (Å²) in [5.74, 6) is 1.01. The summed E-state index contributed by atoms with van der Waals surface area (Å²) >= 11 is 0. The summed E-state index contributed by atoms with van der Waals surface area (Å²) in [6.45, 7) is 7.57. The van der Waals surface area contributed by atoms with Crippen molar-refractivity contribution >= 4 is 0 Å². The van der Waals surface area contributed by atoms with Gasteiger partial charge in [-0.25, -0.2) is 0 Å². The molecule has 0 saturated carbocycles. The molecule has 0 atom stereocenters. The van der Waals surface area contributed by atoms with E-state index in [1.54, 1.807) is 6.26 Å². The first kappa shape index (κ1) is 10.7. The normalized spacial score (nSPS) is 18.1. The second-order valence-corrected chi connectivity index (χ2v) is 3.85. The molecule has 1 aromatic rings. The molecule has 4 heteroatoms. The molecule has 0 bridgehead atoms. The lowest BCUT2D eigenvalue weighted by atomic mass is 10.3. The molecule has 1 aromatic heterocycles. The van der Waals surface area contributed by atoms with Gasteiger partial charge in [-0.3, -0.25) is 4.90 Å². The molecule has 2 N–H and O–H groups in total. The Balaban J connectivity index is 1.54. The summed E-state index contributed by atoms with van der Waals surface area (Å²) in [6.07, 6.45) is 1.72. The standard InChI is InChI=1S/C11H19N3O/c1-2-11(15-9-1)10-13-5-8-14-6-3-12-4-7-14/h1-2,9,12-13H,3-8,10H2. The van der Waals surface area contributed by atoms with E-state index in [0.717, 1.165) is 38.5 Å². The average molecular weight is 209 g/mol. The van der Waals surface area contributed by atoms with Gasteiger partial charge in [-0.2, -0.15) is 0 Å². The van der Waals surface area contributed by atoms with E-state index >= 15 is 0 Å². The maximum atomic E-state index is 5.24. The molecule has 0 spiro atoms. The predicted molar refractivity (Wildman–Crippen MR) is 59.7 cm³/mol. The smallest absolute Gasteiger partial charge is 0.117 e. The SMILES string of the molecule is c1coc(CNCCN2CCNCC2)c1. The Morgan fingerprint density at radius 2 is 2.27 bits per heavy atom. The summed E-state index contributed by atoms with van der Waals surface area (Å²) in [5, 5.41) is 6.73. The molecule has 15 heavy (non-hydrogen) atoms. The molecule has 0 aliphatic carbocycles. The van der Waals surface area contributed by atoms with Crippen molar-refractivity contribution in [1.29, 1.82) is 0 Å². The summed E-state index contributed by atoms with van der Waals surface area (Å²) < 4.78 is 5.24. The number of piperazine rings is 1. The minimum atomic E-state index is 0.832. The second-order valence-electron chi connectivity index (χ2n) is 3.85. The van der Waals surface area contributed by atoms with E-state index in [9.17, 15) is 0 Å². The van der Waals surface area contributed by atoms with Crippen molar-refractivity contribution in [2.24, 2.45) is 0 Å². The molecule has 2 rings (SSSR count). The van der Waals surface area contributed by atoms with E-state index in [0.29, 0.717) is 0 Å². The van der Waals surface area contributed by atoms with Crippen molar-refractivity contribution in [1.82, 2.24) is 15.5 Å². The summed E-state index contributed by atoms with van der Waals surface area (Å²) in [6, 6.07) is 3.92. The number of hydrogen-bond acceptors (Lipinski definition) is 4. The third-order valence-corrected chi connectivity index (χ3v) is 2.69. The quantitative estimate of drug-likeness (QED) is 0.683. The number of rotatable bonds is 5. The van der Waals surface area contributed by atoms with Crippen LogP contribution in [-0.2, 0) is 6.54 Å². The van der Waals surface area contributed by atoms with Crippen molar-refractivity contribution in [3.63, 3.8) is 0 Å². The fourth-order valence-corrected chi connectivity index (χ4v) is 1.80. The lowest BCUT2D eigenvalue weighted by Gasteiger charge is -2.27. The van der Waals surface area contributed by atoms with Gasteiger partial charge in [-0.1, -0.05) is 0 Å². The Morgan fingerprint density at radius 1 is 1.40 bits per heavy atom. The van der Waals surface area contributed by atoms with E-state index in [4.69, 9.17) is 4.42 Å². The van der Waals surface area contributed by atoms with Gasteiger partial charge in [0.25, 0.3) is 0 Å². The van der Waals surface area contributed by atoms with Crippen LogP contribution in [0.25, 0.3) is 0 Å². The molecule has 0 unspecified atom stereocenters. The van der Waals surface area contributed by atoms with E-state index < -0.39 is 0 Å². The highest BCUT2D eigenvalue weighted by Crippen LogP contribution is 1.98. The third kappa shape index (κ3) is 3.66. The van der Waals surface area contributed by atoms with Crippen LogP contribution in [0.4, 0.5) is 0 Å². The van der Waals surface area contributed by atoms with E-state index in [-0.39, 0.29) is 0 Å². The summed E-state index contributed by atoms with van der Waals surface area (Å²) in [4.78, 5) is 2.48. The van der Waals surface area contributed by atoms with Crippen molar-refractivity contribution in [2.75, 3.05) is 39.3 Å². The van der Waals surface area contributed by atoms with Crippen LogP contribution in [0.1, 0.15) is 5.76 Å². The minimum Gasteiger partial charge on any atom is -0.468 e. The van der Waals surface area contributed by atoms with Crippen LogP contribution >= 0.6 is 0 Å². The molecule has 4 nitrogen and oxygen atoms in total. The zero-order valence-corrected chi connectivity index (χ0v) is 9.04. The van der Waals surface area contributed by atoms with E-state index in [1.807, 2.05) is 12.1 Å². The molecule has 1 saturated heterocycles. The lowest BCUT2D eigenvalue weighted by molar-refractivity contribution is 0.240. The first-order valence-corrected chi connectivity index (χ1v) is 5.61. The molecule has 1 aliphatic heterocycles. The predicted octanol–water partition coefficient (Wildman–Crippen LogP) is 0.274. The van der Waals surface area contributed by atoms with E-state index in [1.165, 1.54) is 13.1 Å². The molecule has 0 aromatic carbocycles. The highest BCUT2D eigenvalue weighted by atomic mass is 16.3. The zero-order valence-electron chi connectivity index (χ0n) is 9.04. The Bertz CT molecular complexity index is 255. The van der Waals surface area contributed by atoms with Gasteiger partial charge >= 0.3 is 0 Å². The zero-order chi connectivity index (χ0) is 10.3. The third-order valence-electron chi connectivity index (χ3n) is 2.69. The monoisotopic (exact) mass is 209 g/mol. The van der Waals surface area contributed by atoms with Gasteiger partial charge in [0.1, 0.15) is 5.76 Å². The van der Waals surface area contributed by atoms with Gasteiger partial charge in [-0.05, 0) is 12.1 Å². The fraction of sp³-hybridized carbons (Fsp3) is 0.636. The van der Waals surface area contributed by atoms with Crippen LogP contribution in [0.2, 0.25) is 0 Å². The van der Waals surface area contributed by atoms with Crippen LogP contribution in [0.15, 0.2) is 22.8 Å². The summed E-state index contributed by atoms with van der Waals surface area (Å²) in [7, 11) is 0. The minimum absolute atomic E-state index is 0.832. The molecular formula is C11H19N3O. The average Bonchev–Trinajstić information content (AvgIpc) is 2.79. The first-order valence-electron chi connectivity index (χ1n) is 5.61.